The molecule has 8 N–H and O–H groups in total. The zero-order chi connectivity index (χ0) is 26.8. The lowest BCUT2D eigenvalue weighted by molar-refractivity contribution is -0.137. The van der Waals surface area contributed by atoms with Crippen LogP contribution in [-0.2, 0) is 14.4 Å². The fourth-order valence-electron chi connectivity index (χ4n) is 5.19. The Kier molecular flexibility index (Phi) is 10.7. The number of guanidine groups is 1. The van der Waals surface area contributed by atoms with Gasteiger partial charge in [-0.25, -0.2) is 0 Å². The van der Waals surface area contributed by atoms with Gasteiger partial charge < -0.3 is 31.5 Å². The van der Waals surface area contributed by atoms with E-state index in [2.05, 4.69) is 16.0 Å². The number of aliphatic hydroxyl groups excluding tert-OH is 1. The number of aliphatic carboxylic acids is 1. The van der Waals surface area contributed by atoms with Crippen LogP contribution in [0.5, 0.6) is 0 Å². The first-order chi connectivity index (χ1) is 17.7. The van der Waals surface area contributed by atoms with E-state index in [1.54, 1.807) is 35.2 Å². The molecule has 0 aromatic heterocycles. The van der Waals surface area contributed by atoms with Crippen molar-refractivity contribution in [1.29, 1.82) is 5.41 Å². The molecule has 1 aromatic carbocycles. The molecule has 11 heteroatoms. The number of aliphatic hydroxyl groups is 1. The summed E-state index contributed by atoms with van der Waals surface area (Å²) in [6, 6.07) is 6.41. The average molecular weight is 517 g/mol. The van der Waals surface area contributed by atoms with Gasteiger partial charge in [-0.2, -0.15) is 0 Å². The highest BCUT2D eigenvalue weighted by atomic mass is 16.4. The van der Waals surface area contributed by atoms with Gasteiger partial charge in [-0.3, -0.25) is 25.1 Å². The number of amides is 2. The molecular formula is C26H40N6O5. The molecule has 1 saturated heterocycles. The summed E-state index contributed by atoms with van der Waals surface area (Å²) in [4.78, 5) is 39.7. The van der Waals surface area contributed by atoms with Gasteiger partial charge in [0.1, 0.15) is 12.1 Å². The molecule has 2 aliphatic rings. The van der Waals surface area contributed by atoms with Gasteiger partial charge in [0.2, 0.25) is 11.8 Å². The van der Waals surface area contributed by atoms with Gasteiger partial charge in [-0.1, -0.05) is 62.4 Å². The van der Waals surface area contributed by atoms with Crippen molar-refractivity contribution in [3.63, 3.8) is 0 Å². The second-order valence-corrected chi connectivity index (χ2v) is 10.1. The van der Waals surface area contributed by atoms with E-state index < -0.39 is 36.0 Å². The Balaban J connectivity index is 1.73. The molecule has 204 valence electrons. The van der Waals surface area contributed by atoms with E-state index in [0.717, 1.165) is 32.1 Å². The fourth-order valence-corrected chi connectivity index (χ4v) is 5.19. The minimum atomic E-state index is -1.29. The first-order valence-electron chi connectivity index (χ1n) is 13.1. The number of nitrogens with two attached hydrogens (primary N) is 1. The van der Waals surface area contributed by atoms with Crippen molar-refractivity contribution in [2.45, 2.75) is 75.6 Å². The first-order valence-corrected chi connectivity index (χ1v) is 13.1. The Hall–Kier alpha value is -3.18. The summed E-state index contributed by atoms with van der Waals surface area (Å²) in [6.45, 7) is 0.680. The fraction of sp³-hybridized carbons (Fsp3) is 0.615. The van der Waals surface area contributed by atoms with Crippen molar-refractivity contribution in [2.75, 3.05) is 19.6 Å². The largest absolute Gasteiger partial charge is 0.480 e. The molecule has 2 amide bonds. The zero-order valence-corrected chi connectivity index (χ0v) is 21.2. The van der Waals surface area contributed by atoms with Crippen LogP contribution in [0, 0.1) is 11.3 Å². The maximum atomic E-state index is 13.4. The maximum Gasteiger partial charge on any atom is 0.317 e. The summed E-state index contributed by atoms with van der Waals surface area (Å²) in [6.07, 6.45) is 5.62. The molecule has 1 aliphatic heterocycles. The van der Waals surface area contributed by atoms with E-state index in [1.165, 1.54) is 0 Å². The smallest absolute Gasteiger partial charge is 0.317 e. The van der Waals surface area contributed by atoms with E-state index >= 15 is 0 Å². The predicted octanol–water partition coefficient (Wildman–Crippen LogP) is 0.692. The monoisotopic (exact) mass is 516 g/mol. The highest BCUT2D eigenvalue weighted by molar-refractivity contribution is 5.90. The first kappa shape index (κ1) is 28.4. The van der Waals surface area contributed by atoms with Crippen molar-refractivity contribution in [3.05, 3.63) is 35.9 Å². The molecule has 0 unspecified atom stereocenters. The summed E-state index contributed by atoms with van der Waals surface area (Å²) < 4.78 is 0. The Morgan fingerprint density at radius 2 is 1.68 bits per heavy atom. The van der Waals surface area contributed by atoms with E-state index in [0.29, 0.717) is 43.8 Å². The third kappa shape index (κ3) is 8.71. The van der Waals surface area contributed by atoms with Gasteiger partial charge in [0.15, 0.2) is 5.96 Å². The topological polar surface area (TPSA) is 181 Å². The Labute approximate surface area is 217 Å². The number of carboxylic acids is 1. The number of nitrogens with one attached hydrogen (secondary N) is 4. The third-order valence-electron chi connectivity index (χ3n) is 7.33. The maximum absolute atomic E-state index is 13.4. The summed E-state index contributed by atoms with van der Waals surface area (Å²) in [7, 11) is 0. The number of piperidine rings is 1. The minimum absolute atomic E-state index is 0.00714. The lowest BCUT2D eigenvalue weighted by atomic mass is 9.84. The van der Waals surface area contributed by atoms with Crippen LogP contribution >= 0.6 is 0 Å². The molecule has 1 aromatic rings. The van der Waals surface area contributed by atoms with Crippen molar-refractivity contribution < 1.29 is 24.6 Å². The molecule has 0 spiro atoms. The van der Waals surface area contributed by atoms with Crippen molar-refractivity contribution >= 4 is 23.7 Å². The molecule has 1 aliphatic carbocycles. The predicted molar refractivity (Wildman–Crippen MR) is 139 cm³/mol. The number of hydrogen-bond donors (Lipinski definition) is 7. The molecule has 1 heterocycles. The van der Waals surface area contributed by atoms with Crippen LogP contribution in [-0.4, -0.2) is 76.6 Å². The lowest BCUT2D eigenvalue weighted by Crippen LogP contribution is -2.58. The van der Waals surface area contributed by atoms with Crippen LogP contribution in [0.15, 0.2) is 30.3 Å². The molecule has 0 radical (unpaired) electrons. The van der Waals surface area contributed by atoms with Gasteiger partial charge in [-0.15, -0.1) is 0 Å². The minimum Gasteiger partial charge on any atom is -0.480 e. The van der Waals surface area contributed by atoms with Crippen LogP contribution in [0.1, 0.15) is 63.0 Å². The van der Waals surface area contributed by atoms with Gasteiger partial charge in [0.05, 0.1) is 12.6 Å². The van der Waals surface area contributed by atoms with Crippen molar-refractivity contribution in [1.82, 2.24) is 20.9 Å². The SMILES string of the molecule is N=C(N)N1CCC(NC(=O)[C@@H](NC(=O)[C@@H](CC2CCCCC2)NCC(=O)O)[C@@H](O)c2ccccc2)CC1. The van der Waals surface area contributed by atoms with E-state index in [1.807, 2.05) is 0 Å². The number of carboxylic acid groups (broad SMARTS) is 1. The Morgan fingerprint density at radius 3 is 2.27 bits per heavy atom. The zero-order valence-electron chi connectivity index (χ0n) is 21.2. The summed E-state index contributed by atoms with van der Waals surface area (Å²) >= 11 is 0. The molecule has 3 atom stereocenters. The van der Waals surface area contributed by atoms with Crippen LogP contribution in [0.4, 0.5) is 0 Å². The third-order valence-corrected chi connectivity index (χ3v) is 7.33. The molecule has 11 nitrogen and oxygen atoms in total. The average Bonchev–Trinajstić information content (AvgIpc) is 2.90. The molecule has 1 saturated carbocycles. The van der Waals surface area contributed by atoms with Gasteiger partial charge in [-0.05, 0) is 30.7 Å². The Bertz CT molecular complexity index is 915. The molecule has 2 fully saturated rings. The van der Waals surface area contributed by atoms with Crippen LogP contribution in [0.25, 0.3) is 0 Å². The van der Waals surface area contributed by atoms with Crippen LogP contribution in [0.3, 0.4) is 0 Å². The van der Waals surface area contributed by atoms with Crippen molar-refractivity contribution in [2.24, 2.45) is 11.7 Å². The molecule has 3 rings (SSSR count). The normalized spacial score (nSPS) is 19.4. The van der Waals surface area contributed by atoms with Gasteiger partial charge in [0, 0.05) is 19.1 Å². The van der Waals surface area contributed by atoms with Gasteiger partial charge >= 0.3 is 5.97 Å². The molecule has 37 heavy (non-hydrogen) atoms. The summed E-state index contributed by atoms with van der Waals surface area (Å²) in [5, 5.41) is 36.4. The quantitative estimate of drug-likeness (QED) is 0.166. The van der Waals surface area contributed by atoms with Crippen LogP contribution in [0.2, 0.25) is 0 Å². The van der Waals surface area contributed by atoms with Crippen molar-refractivity contribution in [3.8, 4) is 0 Å². The second-order valence-electron chi connectivity index (χ2n) is 10.1. The van der Waals surface area contributed by atoms with Gasteiger partial charge in [0.25, 0.3) is 0 Å². The summed E-state index contributed by atoms with van der Waals surface area (Å²) in [5.74, 6) is -1.80. The molecular weight excluding hydrogens is 476 g/mol. The standard InChI is InChI=1S/C26H40N6O5/c27-26(28)32-13-11-19(12-14-32)30-25(37)22(23(35)18-9-5-2-6-10-18)31-24(36)20(29-16-21(33)34)15-17-7-3-1-4-8-17/h2,5-6,9-10,17,19-20,22-23,29,35H,1,3-4,7-8,11-16H2,(H3,27,28)(H,30,37)(H,31,36)(H,33,34)/t20-,22+,23+/m1/s1. The number of likely N-dealkylation sites (tertiary alicyclic amines) is 1. The van der Waals surface area contributed by atoms with Crippen LogP contribution < -0.4 is 21.7 Å². The number of carbonyl (C=O) groups excluding carboxylic acids is 2. The number of hydrogen-bond acceptors (Lipinski definition) is 6. The Morgan fingerprint density at radius 1 is 1.03 bits per heavy atom. The number of carbonyl (C=O) groups is 3. The van der Waals surface area contributed by atoms with E-state index in [4.69, 9.17) is 16.2 Å². The number of benzene rings is 1. The lowest BCUT2D eigenvalue weighted by Gasteiger charge is -2.34. The summed E-state index contributed by atoms with van der Waals surface area (Å²) in [5.41, 5.74) is 6.04. The van der Waals surface area contributed by atoms with E-state index in [9.17, 15) is 19.5 Å². The number of rotatable bonds is 11. The number of nitrogens with zero attached hydrogens (tertiary/aromatic N) is 1. The van der Waals surface area contributed by atoms with E-state index in [-0.39, 0.29) is 18.5 Å². The highest BCUT2D eigenvalue weighted by Crippen LogP contribution is 2.27. The second kappa shape index (κ2) is 13.9. The molecule has 0 bridgehead atoms. The highest BCUT2D eigenvalue weighted by Gasteiger charge is 2.34.